The van der Waals surface area contributed by atoms with Crippen molar-refractivity contribution in [3.8, 4) is 0 Å². The molecule has 2 aromatic carbocycles. The van der Waals surface area contributed by atoms with Crippen LogP contribution >= 0.6 is 58.2 Å². The minimum absolute atomic E-state index is 0.0309. The zero-order valence-electron chi connectivity index (χ0n) is 18.1. The van der Waals surface area contributed by atoms with Gasteiger partial charge in [-0.1, -0.05) is 65.5 Å². The van der Waals surface area contributed by atoms with E-state index in [9.17, 15) is 9.59 Å². The second-order valence-corrected chi connectivity index (χ2v) is 10.2. The number of rotatable bonds is 10. The number of carbonyl (C=O) groups excluding carboxylic acids is 2. The zero-order valence-corrected chi connectivity index (χ0v) is 22.0. The number of hydrogen-bond donors (Lipinski definition) is 1. The van der Waals surface area contributed by atoms with Gasteiger partial charge < -0.3 is 10.2 Å². The van der Waals surface area contributed by atoms with Crippen LogP contribution in [-0.2, 0) is 21.9 Å². The molecule has 2 amide bonds. The molecule has 0 aliphatic carbocycles. The van der Waals surface area contributed by atoms with Crippen LogP contribution in [0, 0.1) is 0 Å². The van der Waals surface area contributed by atoms with E-state index >= 15 is 0 Å². The Labute approximate surface area is 213 Å². The molecule has 0 bridgehead atoms. The molecular formula is C23H26Cl4N2O2S. The van der Waals surface area contributed by atoms with Crippen molar-refractivity contribution in [1.82, 2.24) is 10.2 Å². The zero-order chi connectivity index (χ0) is 23.8. The molecule has 0 saturated heterocycles. The van der Waals surface area contributed by atoms with Crippen LogP contribution < -0.4 is 5.32 Å². The Hall–Kier alpha value is -1.11. The lowest BCUT2D eigenvalue weighted by Crippen LogP contribution is -2.51. The fourth-order valence-corrected chi connectivity index (χ4v) is 4.75. The van der Waals surface area contributed by atoms with E-state index in [4.69, 9.17) is 46.4 Å². The third-order valence-electron chi connectivity index (χ3n) is 4.65. The fourth-order valence-electron chi connectivity index (χ4n) is 3.10. The second kappa shape index (κ2) is 13.0. The first-order chi connectivity index (χ1) is 15.1. The molecule has 0 fully saturated rings. The fraction of sp³-hybridized carbons (Fsp3) is 0.391. The Morgan fingerprint density at radius 3 is 2.31 bits per heavy atom. The summed E-state index contributed by atoms with van der Waals surface area (Å²) >= 11 is 25.9. The molecule has 0 spiro atoms. The molecule has 2 aromatic rings. The van der Waals surface area contributed by atoms with Crippen LogP contribution in [0.3, 0.4) is 0 Å². The lowest BCUT2D eigenvalue weighted by atomic mass is 10.1. The van der Waals surface area contributed by atoms with Gasteiger partial charge in [0.1, 0.15) is 6.04 Å². The summed E-state index contributed by atoms with van der Waals surface area (Å²) in [6.07, 6.45) is 0.479. The van der Waals surface area contributed by atoms with E-state index in [0.717, 1.165) is 11.1 Å². The smallest absolute Gasteiger partial charge is 0.243 e. The van der Waals surface area contributed by atoms with Crippen LogP contribution in [0.1, 0.15) is 38.3 Å². The molecule has 2 rings (SSSR count). The highest BCUT2D eigenvalue weighted by molar-refractivity contribution is 7.99. The highest BCUT2D eigenvalue weighted by atomic mass is 35.5. The number of nitrogens with zero attached hydrogens (tertiary/aromatic N) is 1. The molecule has 0 aliphatic heterocycles. The number of benzene rings is 2. The van der Waals surface area contributed by atoms with E-state index in [1.165, 1.54) is 11.8 Å². The maximum atomic E-state index is 13.2. The SMILES string of the molecule is CC[C@@H](C(=O)NC(C)C)N(Cc1ccc(Cl)cc1Cl)C(=O)CSCc1ccc(Cl)c(Cl)c1. The molecule has 1 N–H and O–H groups in total. The highest BCUT2D eigenvalue weighted by Crippen LogP contribution is 2.26. The van der Waals surface area contributed by atoms with Crippen molar-refractivity contribution in [3.05, 3.63) is 67.6 Å². The van der Waals surface area contributed by atoms with Gasteiger partial charge in [0, 0.05) is 28.4 Å². The largest absolute Gasteiger partial charge is 0.352 e. The van der Waals surface area contributed by atoms with Crippen molar-refractivity contribution in [2.24, 2.45) is 0 Å². The first kappa shape index (κ1) is 27.1. The minimum Gasteiger partial charge on any atom is -0.352 e. The van der Waals surface area contributed by atoms with Crippen LogP contribution in [0.4, 0.5) is 0 Å². The first-order valence-electron chi connectivity index (χ1n) is 10.2. The van der Waals surface area contributed by atoms with Crippen LogP contribution in [0.15, 0.2) is 36.4 Å². The molecule has 1 atom stereocenters. The number of carbonyl (C=O) groups is 2. The van der Waals surface area contributed by atoms with Crippen LogP contribution in [0.5, 0.6) is 0 Å². The molecule has 0 unspecified atom stereocenters. The van der Waals surface area contributed by atoms with Crippen molar-refractivity contribution >= 4 is 70.0 Å². The number of nitrogens with one attached hydrogen (secondary N) is 1. The van der Waals surface area contributed by atoms with Gasteiger partial charge in [0.15, 0.2) is 0 Å². The Morgan fingerprint density at radius 1 is 1.00 bits per heavy atom. The maximum absolute atomic E-state index is 13.2. The van der Waals surface area contributed by atoms with Gasteiger partial charge in [0.2, 0.25) is 11.8 Å². The van der Waals surface area contributed by atoms with Crippen molar-refractivity contribution in [2.75, 3.05) is 5.75 Å². The predicted molar refractivity (Wildman–Crippen MR) is 137 cm³/mol. The molecule has 9 heteroatoms. The Morgan fingerprint density at radius 2 is 1.72 bits per heavy atom. The second-order valence-electron chi connectivity index (χ2n) is 7.59. The first-order valence-corrected chi connectivity index (χ1v) is 12.8. The summed E-state index contributed by atoms with van der Waals surface area (Å²) in [4.78, 5) is 27.7. The summed E-state index contributed by atoms with van der Waals surface area (Å²) in [7, 11) is 0. The number of amides is 2. The Kier molecular flexibility index (Phi) is 11.0. The number of hydrogen-bond acceptors (Lipinski definition) is 3. The lowest BCUT2D eigenvalue weighted by molar-refractivity contribution is -0.139. The van der Waals surface area contributed by atoms with Gasteiger partial charge in [-0.05, 0) is 55.7 Å². The normalized spacial score (nSPS) is 12.0. The molecule has 0 aliphatic rings. The topological polar surface area (TPSA) is 49.4 Å². The summed E-state index contributed by atoms with van der Waals surface area (Å²) in [6, 6.07) is 9.90. The van der Waals surface area contributed by atoms with Gasteiger partial charge in [0.25, 0.3) is 0 Å². The van der Waals surface area contributed by atoms with Crippen LogP contribution in [0.25, 0.3) is 0 Å². The molecular weight excluding hydrogens is 510 g/mol. The average molecular weight is 536 g/mol. The van der Waals surface area contributed by atoms with Gasteiger partial charge in [0.05, 0.1) is 15.8 Å². The number of halogens is 4. The van der Waals surface area contributed by atoms with Gasteiger partial charge >= 0.3 is 0 Å². The maximum Gasteiger partial charge on any atom is 0.243 e. The molecule has 0 saturated carbocycles. The van der Waals surface area contributed by atoms with E-state index in [2.05, 4.69) is 5.32 Å². The van der Waals surface area contributed by atoms with E-state index in [0.29, 0.717) is 32.3 Å². The van der Waals surface area contributed by atoms with E-state index < -0.39 is 6.04 Å². The molecule has 0 radical (unpaired) electrons. The summed E-state index contributed by atoms with van der Waals surface area (Å²) in [5.74, 6) is 0.464. The summed E-state index contributed by atoms with van der Waals surface area (Å²) in [5.41, 5.74) is 1.70. The summed E-state index contributed by atoms with van der Waals surface area (Å²) in [5, 5.41) is 4.85. The molecule has 174 valence electrons. The van der Waals surface area contributed by atoms with E-state index in [-0.39, 0.29) is 30.2 Å². The summed E-state index contributed by atoms with van der Waals surface area (Å²) in [6.45, 7) is 5.88. The third kappa shape index (κ3) is 8.03. The van der Waals surface area contributed by atoms with Crippen molar-refractivity contribution in [2.45, 2.75) is 51.6 Å². The van der Waals surface area contributed by atoms with Crippen LogP contribution in [0.2, 0.25) is 20.1 Å². The van der Waals surface area contributed by atoms with Crippen molar-refractivity contribution < 1.29 is 9.59 Å². The van der Waals surface area contributed by atoms with Gasteiger partial charge in [-0.15, -0.1) is 11.8 Å². The molecule has 0 heterocycles. The highest BCUT2D eigenvalue weighted by Gasteiger charge is 2.29. The quantitative estimate of drug-likeness (QED) is 0.361. The van der Waals surface area contributed by atoms with Crippen LogP contribution in [-0.4, -0.2) is 34.6 Å². The Bertz CT molecular complexity index is 956. The monoisotopic (exact) mass is 534 g/mol. The van der Waals surface area contributed by atoms with Gasteiger partial charge in [-0.2, -0.15) is 0 Å². The van der Waals surface area contributed by atoms with Gasteiger partial charge in [-0.3, -0.25) is 9.59 Å². The molecule has 32 heavy (non-hydrogen) atoms. The molecule has 4 nitrogen and oxygen atoms in total. The third-order valence-corrected chi connectivity index (χ3v) is 6.97. The van der Waals surface area contributed by atoms with E-state index in [1.807, 2.05) is 26.8 Å². The number of thioether (sulfide) groups is 1. The van der Waals surface area contributed by atoms with Gasteiger partial charge in [-0.25, -0.2) is 0 Å². The minimum atomic E-state index is -0.609. The van der Waals surface area contributed by atoms with Crippen molar-refractivity contribution in [1.29, 1.82) is 0 Å². The lowest BCUT2D eigenvalue weighted by Gasteiger charge is -2.31. The molecule has 0 aromatic heterocycles. The standard InChI is InChI=1S/C23H26Cl4N2O2S/c1-4-21(23(31)28-14(2)3)29(11-16-6-7-17(24)10-19(16)26)22(30)13-32-12-15-5-8-18(25)20(27)9-15/h5-10,14,21H,4,11-13H2,1-3H3,(H,28,31)/t21-/m0/s1. The predicted octanol–water partition coefficient (Wildman–Crippen LogP) is 6.87. The Balaban J connectivity index is 2.18. The average Bonchev–Trinajstić information content (AvgIpc) is 2.71. The van der Waals surface area contributed by atoms with Crippen molar-refractivity contribution in [3.63, 3.8) is 0 Å². The summed E-state index contributed by atoms with van der Waals surface area (Å²) < 4.78 is 0. The van der Waals surface area contributed by atoms with E-state index in [1.54, 1.807) is 35.2 Å².